The standard InChI is InChI=1S/C24H29NO4/c1-14-3-20-19(12-28-21(20)4-15(14)2)8-23(27)29-13-22(26)25-24-9-16-5-17(10-24)7-18(6-16)11-24/h3-4,12,16-18H,5-11,13H2,1-2H3,(H,25,26). The van der Waals surface area contributed by atoms with Gasteiger partial charge in [-0.1, -0.05) is 0 Å². The summed E-state index contributed by atoms with van der Waals surface area (Å²) in [4.78, 5) is 24.9. The van der Waals surface area contributed by atoms with Gasteiger partial charge in [0.2, 0.25) is 0 Å². The Bertz CT molecular complexity index is 937. The SMILES string of the molecule is Cc1cc2occ(CC(=O)OCC(=O)NC34CC5CC(CC(C5)C3)C4)c2cc1C. The first-order valence-corrected chi connectivity index (χ1v) is 10.8. The molecule has 1 heterocycles. The van der Waals surface area contributed by atoms with Crippen LogP contribution >= 0.6 is 0 Å². The van der Waals surface area contributed by atoms with Crippen molar-refractivity contribution in [1.82, 2.24) is 5.32 Å². The van der Waals surface area contributed by atoms with Crippen LogP contribution in [0.25, 0.3) is 11.0 Å². The van der Waals surface area contributed by atoms with Crippen molar-refractivity contribution < 1.29 is 18.7 Å². The molecule has 1 amide bonds. The molecule has 0 saturated heterocycles. The van der Waals surface area contributed by atoms with Crippen LogP contribution in [0.1, 0.15) is 55.2 Å². The van der Waals surface area contributed by atoms with Gasteiger partial charge in [0.05, 0.1) is 12.7 Å². The van der Waals surface area contributed by atoms with E-state index in [1.807, 2.05) is 26.0 Å². The molecule has 29 heavy (non-hydrogen) atoms. The van der Waals surface area contributed by atoms with Crippen molar-refractivity contribution in [3.8, 4) is 0 Å². The Morgan fingerprint density at radius 1 is 1.07 bits per heavy atom. The number of esters is 1. The number of aryl methyl sites for hydroxylation is 2. The van der Waals surface area contributed by atoms with Crippen LogP contribution in [-0.2, 0) is 20.7 Å². The number of ether oxygens (including phenoxy) is 1. The first-order valence-electron chi connectivity index (χ1n) is 10.8. The van der Waals surface area contributed by atoms with E-state index >= 15 is 0 Å². The van der Waals surface area contributed by atoms with Crippen LogP contribution in [0.15, 0.2) is 22.8 Å². The second kappa shape index (κ2) is 6.89. The number of rotatable bonds is 5. The van der Waals surface area contributed by atoms with E-state index in [1.54, 1.807) is 6.26 Å². The number of hydrogen-bond donors (Lipinski definition) is 1. The fourth-order valence-corrected chi connectivity index (χ4v) is 6.42. The highest BCUT2D eigenvalue weighted by atomic mass is 16.5. The molecular weight excluding hydrogens is 366 g/mol. The highest BCUT2D eigenvalue weighted by Crippen LogP contribution is 2.55. The third kappa shape index (κ3) is 3.56. The Morgan fingerprint density at radius 2 is 1.69 bits per heavy atom. The van der Waals surface area contributed by atoms with Gasteiger partial charge in [-0.3, -0.25) is 9.59 Å². The molecule has 0 aliphatic heterocycles. The smallest absolute Gasteiger partial charge is 0.310 e. The molecule has 1 aromatic heterocycles. The first-order chi connectivity index (χ1) is 13.9. The van der Waals surface area contributed by atoms with Crippen LogP contribution in [-0.4, -0.2) is 24.0 Å². The molecule has 4 fully saturated rings. The van der Waals surface area contributed by atoms with Gasteiger partial charge in [-0.15, -0.1) is 0 Å². The Balaban J connectivity index is 1.17. The largest absolute Gasteiger partial charge is 0.464 e. The van der Waals surface area contributed by atoms with Gasteiger partial charge in [0.25, 0.3) is 5.91 Å². The van der Waals surface area contributed by atoms with E-state index in [-0.39, 0.29) is 24.5 Å². The lowest BCUT2D eigenvalue weighted by atomic mass is 9.53. The number of carbonyl (C=O) groups excluding carboxylic acids is 2. The van der Waals surface area contributed by atoms with Gasteiger partial charge in [-0.25, -0.2) is 0 Å². The average molecular weight is 395 g/mol. The highest BCUT2D eigenvalue weighted by molar-refractivity contribution is 5.88. The summed E-state index contributed by atoms with van der Waals surface area (Å²) in [6.45, 7) is 3.88. The van der Waals surface area contributed by atoms with Gasteiger partial charge < -0.3 is 14.5 Å². The summed E-state index contributed by atoms with van der Waals surface area (Å²) in [5.74, 6) is 1.75. The van der Waals surface area contributed by atoms with Crippen molar-refractivity contribution in [2.75, 3.05) is 6.61 Å². The van der Waals surface area contributed by atoms with Crippen molar-refractivity contribution in [2.45, 2.75) is 64.3 Å². The summed E-state index contributed by atoms with van der Waals surface area (Å²) in [7, 11) is 0. The molecule has 4 saturated carbocycles. The number of benzene rings is 1. The maximum atomic E-state index is 12.5. The van der Waals surface area contributed by atoms with Crippen LogP contribution in [0.4, 0.5) is 0 Å². The van der Waals surface area contributed by atoms with Crippen molar-refractivity contribution in [1.29, 1.82) is 0 Å². The summed E-state index contributed by atoms with van der Waals surface area (Å²) in [5.41, 5.74) is 3.84. The molecule has 0 radical (unpaired) electrons. The third-order valence-electron chi connectivity index (χ3n) is 7.41. The zero-order chi connectivity index (χ0) is 20.2. The minimum atomic E-state index is -0.397. The van der Waals surface area contributed by atoms with Crippen LogP contribution in [0, 0.1) is 31.6 Å². The van der Waals surface area contributed by atoms with Crippen LogP contribution in [0.3, 0.4) is 0 Å². The maximum absolute atomic E-state index is 12.5. The van der Waals surface area contributed by atoms with Gasteiger partial charge in [0, 0.05) is 16.5 Å². The summed E-state index contributed by atoms with van der Waals surface area (Å²) in [6.07, 6.45) is 9.02. The quantitative estimate of drug-likeness (QED) is 0.770. The predicted molar refractivity (Wildman–Crippen MR) is 109 cm³/mol. The van der Waals surface area contributed by atoms with Gasteiger partial charge >= 0.3 is 5.97 Å². The van der Waals surface area contributed by atoms with Crippen LogP contribution in [0.5, 0.6) is 0 Å². The van der Waals surface area contributed by atoms with E-state index in [0.29, 0.717) is 0 Å². The Kier molecular flexibility index (Phi) is 4.45. The normalized spacial score (nSPS) is 29.9. The van der Waals surface area contributed by atoms with E-state index in [0.717, 1.165) is 64.7 Å². The lowest BCUT2D eigenvalue weighted by Gasteiger charge is -2.56. The van der Waals surface area contributed by atoms with Crippen LogP contribution < -0.4 is 5.32 Å². The van der Waals surface area contributed by atoms with E-state index in [1.165, 1.54) is 19.3 Å². The van der Waals surface area contributed by atoms with Crippen LogP contribution in [0.2, 0.25) is 0 Å². The lowest BCUT2D eigenvalue weighted by Crippen LogP contribution is -2.60. The van der Waals surface area contributed by atoms with Gasteiger partial charge in [0.1, 0.15) is 5.58 Å². The second-order valence-electron chi connectivity index (χ2n) is 9.78. The molecule has 1 aromatic carbocycles. The topological polar surface area (TPSA) is 68.5 Å². The van der Waals surface area contributed by atoms with Gasteiger partial charge in [-0.05, 0) is 93.4 Å². The number of nitrogens with one attached hydrogen (secondary N) is 1. The molecule has 4 aliphatic carbocycles. The second-order valence-corrected chi connectivity index (χ2v) is 9.78. The Morgan fingerprint density at radius 3 is 2.34 bits per heavy atom. The molecule has 1 N–H and O–H groups in total. The van der Waals surface area contributed by atoms with Crippen molar-refractivity contribution in [3.63, 3.8) is 0 Å². The summed E-state index contributed by atoms with van der Waals surface area (Å²) >= 11 is 0. The number of fused-ring (bicyclic) bond motifs is 1. The lowest BCUT2D eigenvalue weighted by molar-refractivity contribution is -0.149. The fraction of sp³-hybridized carbons (Fsp3) is 0.583. The minimum Gasteiger partial charge on any atom is -0.464 e. The van der Waals surface area contributed by atoms with Crippen molar-refractivity contribution in [2.24, 2.45) is 17.8 Å². The molecule has 154 valence electrons. The molecule has 4 bridgehead atoms. The highest BCUT2D eigenvalue weighted by Gasteiger charge is 2.51. The predicted octanol–water partition coefficient (Wildman–Crippen LogP) is 4.22. The zero-order valence-electron chi connectivity index (χ0n) is 17.3. The molecule has 0 unspecified atom stereocenters. The Hall–Kier alpha value is -2.30. The summed E-state index contributed by atoms with van der Waals surface area (Å²) in [6, 6.07) is 4.02. The molecule has 5 heteroatoms. The zero-order valence-corrected chi connectivity index (χ0v) is 17.3. The number of amides is 1. The third-order valence-corrected chi connectivity index (χ3v) is 7.41. The molecule has 0 atom stereocenters. The minimum absolute atomic E-state index is 0.0472. The first kappa shape index (κ1) is 18.7. The number of furan rings is 1. The molecular formula is C24H29NO4. The molecule has 4 aliphatic rings. The van der Waals surface area contributed by atoms with Crippen molar-refractivity contribution in [3.05, 3.63) is 35.1 Å². The molecule has 5 nitrogen and oxygen atoms in total. The van der Waals surface area contributed by atoms with E-state index in [9.17, 15) is 9.59 Å². The van der Waals surface area contributed by atoms with Gasteiger partial charge in [0.15, 0.2) is 6.61 Å². The molecule has 2 aromatic rings. The summed E-state index contributed by atoms with van der Waals surface area (Å²) in [5, 5.41) is 4.18. The summed E-state index contributed by atoms with van der Waals surface area (Å²) < 4.78 is 10.9. The van der Waals surface area contributed by atoms with E-state index in [4.69, 9.17) is 9.15 Å². The van der Waals surface area contributed by atoms with E-state index in [2.05, 4.69) is 5.32 Å². The average Bonchev–Trinajstić information content (AvgIpc) is 3.00. The number of hydrogen-bond acceptors (Lipinski definition) is 4. The van der Waals surface area contributed by atoms with Crippen molar-refractivity contribution >= 4 is 22.8 Å². The maximum Gasteiger partial charge on any atom is 0.310 e. The molecule has 6 rings (SSSR count). The van der Waals surface area contributed by atoms with Gasteiger partial charge in [-0.2, -0.15) is 0 Å². The van der Waals surface area contributed by atoms with E-state index < -0.39 is 5.97 Å². The fourth-order valence-electron chi connectivity index (χ4n) is 6.42. The Labute approximate surface area is 171 Å². The molecule has 0 spiro atoms. The number of carbonyl (C=O) groups is 2. The monoisotopic (exact) mass is 395 g/mol.